The maximum atomic E-state index is 7.15. The lowest BCUT2D eigenvalue weighted by Gasteiger charge is -2.42. The zero-order chi connectivity index (χ0) is 39.3. The standard InChI is InChI=1S/C51H56BN3O/c1-29-24-33(32-14-12-13-15-40(32)53-30-16-18-31(19-17-30)54(10)11)44-46-43(29)34-25-36-38(50(6,7)22-20-48(36,2)3)27-41(34)55(46)45-35-26-37-39(28-42(35)56-47(45)52-44)51(8,9)23-21-49(37,4)5/h12-19,24-28,52-53H,20-23H2,1-11H3. The number of nitrogens with one attached hydrogen (secondary N) is 1. The van der Waals surface area contributed by atoms with Gasteiger partial charge in [0.1, 0.15) is 5.58 Å². The molecule has 2 aliphatic carbocycles. The number of hydrogen-bond donors (Lipinski definition) is 1. The summed E-state index contributed by atoms with van der Waals surface area (Å²) in [4.78, 5) is 2.14. The molecule has 4 nitrogen and oxygen atoms in total. The quantitative estimate of drug-likeness (QED) is 0.183. The van der Waals surface area contributed by atoms with Crippen molar-refractivity contribution in [2.45, 2.75) is 110 Å². The number of furan rings is 1. The van der Waals surface area contributed by atoms with Crippen LogP contribution in [0.5, 0.6) is 0 Å². The lowest BCUT2D eigenvalue weighted by molar-refractivity contribution is 0.332. The maximum absolute atomic E-state index is 7.15. The summed E-state index contributed by atoms with van der Waals surface area (Å²) in [5.41, 5.74) is 20.8. The molecule has 3 aliphatic rings. The third kappa shape index (κ3) is 5.04. The van der Waals surface area contributed by atoms with E-state index in [-0.39, 0.29) is 21.7 Å². The summed E-state index contributed by atoms with van der Waals surface area (Å²) in [6, 6.07) is 30.1. The molecule has 56 heavy (non-hydrogen) atoms. The molecule has 0 bridgehead atoms. The fourth-order valence-electron chi connectivity index (χ4n) is 10.7. The molecule has 0 unspecified atom stereocenters. The highest BCUT2D eigenvalue weighted by molar-refractivity contribution is 6.73. The van der Waals surface area contributed by atoms with Crippen LogP contribution in [0.2, 0.25) is 0 Å². The SMILES string of the molecule is Cc1cc(-c2ccccc2Nc2ccc(N(C)C)cc2)c2c3c1c1cc4c(cc1n3-c1c(oc3cc5c(cc13)C(C)(C)CCC5(C)C)B2)C(C)(C)CCC4(C)C. The first-order valence-corrected chi connectivity index (χ1v) is 20.9. The van der Waals surface area contributed by atoms with E-state index in [1.807, 2.05) is 0 Å². The second-order valence-corrected chi connectivity index (χ2v) is 20.3. The van der Waals surface area contributed by atoms with Gasteiger partial charge < -0.3 is 19.2 Å². The van der Waals surface area contributed by atoms with Crippen molar-refractivity contribution in [1.29, 1.82) is 0 Å². The van der Waals surface area contributed by atoms with Crippen molar-refractivity contribution in [3.63, 3.8) is 0 Å². The van der Waals surface area contributed by atoms with Crippen LogP contribution in [0.3, 0.4) is 0 Å². The molecular formula is C51H56BN3O. The van der Waals surface area contributed by atoms with Crippen LogP contribution >= 0.6 is 0 Å². The molecule has 0 radical (unpaired) electrons. The van der Waals surface area contributed by atoms with E-state index in [2.05, 4.69) is 170 Å². The lowest BCUT2D eigenvalue weighted by Crippen LogP contribution is -2.36. The Morgan fingerprint density at radius 2 is 1.23 bits per heavy atom. The number of fused-ring (bicyclic) bond motifs is 9. The number of aryl methyl sites for hydroxylation is 1. The summed E-state index contributed by atoms with van der Waals surface area (Å²) in [5.74, 6) is 0. The summed E-state index contributed by atoms with van der Waals surface area (Å²) < 4.78 is 9.79. The van der Waals surface area contributed by atoms with Gasteiger partial charge in [0, 0.05) is 58.4 Å². The molecule has 2 aromatic heterocycles. The fourth-order valence-corrected chi connectivity index (χ4v) is 10.7. The van der Waals surface area contributed by atoms with Gasteiger partial charge in [0.25, 0.3) is 0 Å². The van der Waals surface area contributed by atoms with Crippen molar-refractivity contribution >= 4 is 68.2 Å². The van der Waals surface area contributed by atoms with Gasteiger partial charge in [-0.2, -0.15) is 0 Å². The van der Waals surface area contributed by atoms with E-state index in [0.29, 0.717) is 0 Å². The van der Waals surface area contributed by atoms with E-state index in [4.69, 9.17) is 4.42 Å². The summed E-state index contributed by atoms with van der Waals surface area (Å²) >= 11 is 0. The average molecular weight is 738 g/mol. The Kier molecular flexibility index (Phi) is 7.35. The van der Waals surface area contributed by atoms with Crippen LogP contribution in [0.1, 0.15) is 109 Å². The molecule has 0 amide bonds. The summed E-state index contributed by atoms with van der Waals surface area (Å²) in [6.07, 6.45) is 4.75. The smallest absolute Gasteiger partial charge is 0.244 e. The van der Waals surface area contributed by atoms with E-state index in [9.17, 15) is 0 Å². The van der Waals surface area contributed by atoms with Gasteiger partial charge in [0.05, 0.1) is 16.9 Å². The Morgan fingerprint density at radius 1 is 0.661 bits per heavy atom. The number of anilines is 3. The van der Waals surface area contributed by atoms with Crippen LogP contribution in [-0.4, -0.2) is 25.9 Å². The van der Waals surface area contributed by atoms with Gasteiger partial charge in [-0.15, -0.1) is 0 Å². The topological polar surface area (TPSA) is 33.3 Å². The molecule has 0 saturated carbocycles. The average Bonchev–Trinajstić information content (AvgIpc) is 3.69. The number of para-hydroxylation sites is 1. The molecule has 284 valence electrons. The van der Waals surface area contributed by atoms with Gasteiger partial charge in [-0.3, -0.25) is 0 Å². The molecular weight excluding hydrogens is 681 g/mol. The van der Waals surface area contributed by atoms with Crippen molar-refractivity contribution in [1.82, 2.24) is 4.57 Å². The molecule has 7 aromatic rings. The number of benzene rings is 5. The molecule has 0 fully saturated rings. The van der Waals surface area contributed by atoms with Gasteiger partial charge in [-0.05, 0) is 148 Å². The van der Waals surface area contributed by atoms with Gasteiger partial charge in [0.15, 0.2) is 0 Å². The minimum atomic E-state index is 0.0960. The number of aromatic nitrogens is 1. The van der Waals surface area contributed by atoms with E-state index < -0.39 is 0 Å². The van der Waals surface area contributed by atoms with Crippen molar-refractivity contribution in [2.24, 2.45) is 0 Å². The fraction of sp³-hybridized carbons (Fsp3) is 0.373. The van der Waals surface area contributed by atoms with Crippen LogP contribution in [0.25, 0.3) is 49.6 Å². The number of nitrogens with zero attached hydrogens (tertiary/aromatic N) is 2. The Morgan fingerprint density at radius 3 is 1.86 bits per heavy atom. The third-order valence-electron chi connectivity index (χ3n) is 14.5. The molecule has 0 saturated heterocycles. The Hall–Kier alpha value is -4.90. The molecule has 1 N–H and O–H groups in total. The predicted octanol–water partition coefficient (Wildman–Crippen LogP) is 11.7. The molecule has 0 spiro atoms. The van der Waals surface area contributed by atoms with Gasteiger partial charge in [0.2, 0.25) is 7.28 Å². The van der Waals surface area contributed by atoms with E-state index in [1.165, 1.54) is 109 Å². The molecule has 3 heterocycles. The minimum Gasteiger partial charge on any atom is -0.469 e. The molecule has 0 atom stereocenters. The summed E-state index contributed by atoms with van der Waals surface area (Å²) in [5, 5.41) is 7.80. The molecule has 5 aromatic carbocycles. The molecule has 10 rings (SSSR count). The van der Waals surface area contributed by atoms with Crippen LogP contribution in [0.4, 0.5) is 17.1 Å². The third-order valence-corrected chi connectivity index (χ3v) is 14.5. The number of hydrogen-bond acceptors (Lipinski definition) is 3. The van der Waals surface area contributed by atoms with Crippen LogP contribution < -0.4 is 21.3 Å². The van der Waals surface area contributed by atoms with Crippen molar-refractivity contribution in [2.75, 3.05) is 24.3 Å². The number of rotatable bonds is 4. The first kappa shape index (κ1) is 35.5. The summed E-state index contributed by atoms with van der Waals surface area (Å²) in [6.45, 7) is 21.8. The highest BCUT2D eigenvalue weighted by atomic mass is 16.3. The lowest BCUT2D eigenvalue weighted by atomic mass is 9.61. The van der Waals surface area contributed by atoms with Crippen molar-refractivity contribution < 1.29 is 4.42 Å². The predicted molar refractivity (Wildman–Crippen MR) is 242 cm³/mol. The van der Waals surface area contributed by atoms with E-state index >= 15 is 0 Å². The van der Waals surface area contributed by atoms with Crippen LogP contribution in [-0.2, 0) is 21.7 Å². The normalized spacial score (nSPS) is 18.3. The zero-order valence-electron chi connectivity index (χ0n) is 35.3. The Labute approximate surface area is 333 Å². The van der Waals surface area contributed by atoms with Crippen molar-refractivity contribution in [3.05, 3.63) is 107 Å². The van der Waals surface area contributed by atoms with Gasteiger partial charge in [-0.25, -0.2) is 0 Å². The second-order valence-electron chi connectivity index (χ2n) is 20.3. The first-order valence-electron chi connectivity index (χ1n) is 20.9. The van der Waals surface area contributed by atoms with Crippen LogP contribution in [0.15, 0.2) is 83.3 Å². The Balaban J connectivity index is 1.29. The highest BCUT2D eigenvalue weighted by Crippen LogP contribution is 2.51. The minimum absolute atomic E-state index is 0.0960. The molecule has 1 aliphatic heterocycles. The first-order chi connectivity index (χ1) is 26.4. The van der Waals surface area contributed by atoms with E-state index in [0.717, 1.165) is 29.9 Å². The molecule has 5 heteroatoms. The van der Waals surface area contributed by atoms with Crippen molar-refractivity contribution in [3.8, 4) is 16.8 Å². The van der Waals surface area contributed by atoms with Gasteiger partial charge >= 0.3 is 0 Å². The summed E-state index contributed by atoms with van der Waals surface area (Å²) in [7, 11) is 4.91. The monoisotopic (exact) mass is 737 g/mol. The highest BCUT2D eigenvalue weighted by Gasteiger charge is 2.41. The second kappa shape index (κ2) is 11.6. The van der Waals surface area contributed by atoms with E-state index in [1.54, 1.807) is 0 Å². The largest absolute Gasteiger partial charge is 0.469 e. The maximum Gasteiger partial charge on any atom is 0.244 e. The zero-order valence-corrected chi connectivity index (χ0v) is 35.3. The Bertz CT molecular complexity index is 2790. The van der Waals surface area contributed by atoms with Crippen LogP contribution in [0, 0.1) is 6.92 Å². The van der Waals surface area contributed by atoms with Gasteiger partial charge in [-0.1, -0.05) is 79.7 Å².